The lowest BCUT2D eigenvalue weighted by Crippen LogP contribution is -2.29. The van der Waals surface area contributed by atoms with E-state index in [0.717, 1.165) is 24.5 Å². The first-order chi connectivity index (χ1) is 9.30. The first-order valence-electron chi connectivity index (χ1n) is 7.13. The third-order valence-corrected chi connectivity index (χ3v) is 3.55. The Morgan fingerprint density at radius 2 is 1.95 bits per heavy atom. The molecule has 0 spiro atoms. The quantitative estimate of drug-likeness (QED) is 0.857. The maximum Gasteiger partial charge on any atom is 0.161 e. The monoisotopic (exact) mass is 264 g/mol. The van der Waals surface area contributed by atoms with Crippen molar-refractivity contribution in [2.75, 3.05) is 26.4 Å². The standard InChI is InChI=1S/C15H24N2O2/c1-3-18-14-8-7-12(10-15(14)19-4-2)13-6-5-9-17(13)11-16/h7-8,10,13H,3-6,9,11,16H2,1-2H3. The van der Waals surface area contributed by atoms with Crippen LogP contribution >= 0.6 is 0 Å². The van der Waals surface area contributed by atoms with Gasteiger partial charge in [-0.1, -0.05) is 6.07 Å². The van der Waals surface area contributed by atoms with Crippen LogP contribution in [0.15, 0.2) is 18.2 Å². The largest absolute Gasteiger partial charge is 0.490 e. The Bertz CT molecular complexity index is 409. The van der Waals surface area contributed by atoms with Crippen molar-refractivity contribution in [1.29, 1.82) is 0 Å². The summed E-state index contributed by atoms with van der Waals surface area (Å²) in [6.45, 7) is 6.97. The molecule has 1 aromatic rings. The van der Waals surface area contributed by atoms with Gasteiger partial charge in [0.2, 0.25) is 0 Å². The molecule has 4 heteroatoms. The Balaban J connectivity index is 2.24. The lowest BCUT2D eigenvalue weighted by atomic mass is 10.0. The summed E-state index contributed by atoms with van der Waals surface area (Å²) in [7, 11) is 0. The normalized spacial score (nSPS) is 19.6. The zero-order valence-electron chi connectivity index (χ0n) is 11.9. The van der Waals surface area contributed by atoms with Crippen molar-refractivity contribution in [3.63, 3.8) is 0 Å². The molecule has 1 unspecified atom stereocenters. The maximum absolute atomic E-state index is 5.81. The van der Waals surface area contributed by atoms with Crippen LogP contribution in [-0.2, 0) is 0 Å². The third-order valence-electron chi connectivity index (χ3n) is 3.55. The van der Waals surface area contributed by atoms with E-state index in [-0.39, 0.29) is 0 Å². The molecule has 1 atom stereocenters. The lowest BCUT2D eigenvalue weighted by molar-refractivity contribution is 0.261. The maximum atomic E-state index is 5.81. The van der Waals surface area contributed by atoms with E-state index in [9.17, 15) is 0 Å². The smallest absolute Gasteiger partial charge is 0.161 e. The summed E-state index contributed by atoms with van der Waals surface area (Å²) in [5.41, 5.74) is 7.08. The van der Waals surface area contributed by atoms with Gasteiger partial charge in [-0.25, -0.2) is 0 Å². The van der Waals surface area contributed by atoms with E-state index in [1.54, 1.807) is 0 Å². The van der Waals surface area contributed by atoms with Crippen molar-refractivity contribution in [2.24, 2.45) is 5.73 Å². The van der Waals surface area contributed by atoms with E-state index in [0.29, 0.717) is 25.9 Å². The SMILES string of the molecule is CCOc1ccc(C2CCCN2CN)cc1OCC. The molecular weight excluding hydrogens is 240 g/mol. The van der Waals surface area contributed by atoms with Crippen molar-refractivity contribution in [2.45, 2.75) is 32.7 Å². The average Bonchev–Trinajstić information content (AvgIpc) is 2.89. The van der Waals surface area contributed by atoms with Gasteiger partial charge in [-0.05, 0) is 44.4 Å². The summed E-state index contributed by atoms with van der Waals surface area (Å²) < 4.78 is 11.3. The number of ether oxygens (including phenoxy) is 2. The van der Waals surface area contributed by atoms with E-state index in [1.807, 2.05) is 19.9 Å². The summed E-state index contributed by atoms with van der Waals surface area (Å²) in [5, 5.41) is 0. The molecular formula is C15H24N2O2. The highest BCUT2D eigenvalue weighted by Gasteiger charge is 2.25. The van der Waals surface area contributed by atoms with Gasteiger partial charge in [-0.3, -0.25) is 4.90 Å². The van der Waals surface area contributed by atoms with Crippen molar-refractivity contribution in [3.05, 3.63) is 23.8 Å². The summed E-state index contributed by atoms with van der Waals surface area (Å²) in [6.07, 6.45) is 2.37. The Kier molecular flexibility index (Phi) is 5.05. The van der Waals surface area contributed by atoms with Crippen LogP contribution in [0.3, 0.4) is 0 Å². The molecule has 0 aromatic heterocycles. The number of hydrogen-bond donors (Lipinski definition) is 1. The molecule has 0 bridgehead atoms. The molecule has 0 aliphatic carbocycles. The van der Waals surface area contributed by atoms with Gasteiger partial charge < -0.3 is 15.2 Å². The van der Waals surface area contributed by atoms with Gasteiger partial charge in [-0.2, -0.15) is 0 Å². The van der Waals surface area contributed by atoms with E-state index in [1.165, 1.54) is 12.0 Å². The highest BCUT2D eigenvalue weighted by atomic mass is 16.5. The zero-order chi connectivity index (χ0) is 13.7. The average molecular weight is 264 g/mol. The van der Waals surface area contributed by atoms with E-state index in [2.05, 4.69) is 17.0 Å². The fourth-order valence-electron chi connectivity index (χ4n) is 2.70. The van der Waals surface area contributed by atoms with Crippen molar-refractivity contribution < 1.29 is 9.47 Å². The Morgan fingerprint density at radius 1 is 1.21 bits per heavy atom. The Labute approximate surface area is 115 Å². The van der Waals surface area contributed by atoms with Gasteiger partial charge in [-0.15, -0.1) is 0 Å². The van der Waals surface area contributed by atoms with Gasteiger partial charge in [0, 0.05) is 19.3 Å². The zero-order valence-corrected chi connectivity index (χ0v) is 11.9. The van der Waals surface area contributed by atoms with Crippen LogP contribution in [0.25, 0.3) is 0 Å². The van der Waals surface area contributed by atoms with Crippen LogP contribution in [0.1, 0.15) is 38.3 Å². The second-order valence-electron chi connectivity index (χ2n) is 4.73. The van der Waals surface area contributed by atoms with E-state index >= 15 is 0 Å². The van der Waals surface area contributed by atoms with Gasteiger partial charge >= 0.3 is 0 Å². The van der Waals surface area contributed by atoms with Crippen molar-refractivity contribution in [1.82, 2.24) is 4.90 Å². The number of nitrogens with zero attached hydrogens (tertiary/aromatic N) is 1. The highest BCUT2D eigenvalue weighted by molar-refractivity contribution is 5.44. The Hall–Kier alpha value is -1.26. The second-order valence-corrected chi connectivity index (χ2v) is 4.73. The molecule has 1 fully saturated rings. The topological polar surface area (TPSA) is 47.7 Å². The molecule has 1 aliphatic rings. The highest BCUT2D eigenvalue weighted by Crippen LogP contribution is 2.36. The van der Waals surface area contributed by atoms with Crippen molar-refractivity contribution >= 4 is 0 Å². The van der Waals surface area contributed by atoms with Crippen LogP contribution in [0.4, 0.5) is 0 Å². The second kappa shape index (κ2) is 6.78. The molecule has 1 aliphatic heterocycles. The van der Waals surface area contributed by atoms with Gasteiger partial charge in [0.15, 0.2) is 11.5 Å². The first kappa shape index (κ1) is 14.2. The minimum Gasteiger partial charge on any atom is -0.490 e. The lowest BCUT2D eigenvalue weighted by Gasteiger charge is -2.23. The van der Waals surface area contributed by atoms with Gasteiger partial charge in [0.1, 0.15) is 0 Å². The van der Waals surface area contributed by atoms with Gasteiger partial charge in [0.05, 0.1) is 13.2 Å². The van der Waals surface area contributed by atoms with Crippen LogP contribution in [0.5, 0.6) is 11.5 Å². The van der Waals surface area contributed by atoms with Gasteiger partial charge in [0.25, 0.3) is 0 Å². The molecule has 1 aromatic carbocycles. The number of likely N-dealkylation sites (tertiary alicyclic amines) is 1. The summed E-state index contributed by atoms with van der Waals surface area (Å²) >= 11 is 0. The number of benzene rings is 1. The van der Waals surface area contributed by atoms with E-state index < -0.39 is 0 Å². The fraction of sp³-hybridized carbons (Fsp3) is 0.600. The molecule has 0 amide bonds. The molecule has 1 saturated heterocycles. The van der Waals surface area contributed by atoms with E-state index in [4.69, 9.17) is 15.2 Å². The predicted molar refractivity (Wildman–Crippen MR) is 76.5 cm³/mol. The summed E-state index contributed by atoms with van der Waals surface area (Å²) in [5.74, 6) is 1.66. The van der Waals surface area contributed by atoms with Crippen LogP contribution in [-0.4, -0.2) is 31.3 Å². The van der Waals surface area contributed by atoms with Crippen LogP contribution in [0, 0.1) is 0 Å². The fourth-order valence-corrected chi connectivity index (χ4v) is 2.70. The molecule has 19 heavy (non-hydrogen) atoms. The molecule has 2 rings (SSSR count). The van der Waals surface area contributed by atoms with Crippen LogP contribution in [0.2, 0.25) is 0 Å². The number of nitrogens with two attached hydrogens (primary N) is 1. The molecule has 106 valence electrons. The first-order valence-corrected chi connectivity index (χ1v) is 7.13. The number of hydrogen-bond acceptors (Lipinski definition) is 4. The molecule has 1 heterocycles. The predicted octanol–water partition coefficient (Wildman–Crippen LogP) is 2.54. The van der Waals surface area contributed by atoms with Crippen molar-refractivity contribution in [3.8, 4) is 11.5 Å². The number of rotatable bonds is 6. The van der Waals surface area contributed by atoms with Crippen LogP contribution < -0.4 is 15.2 Å². The molecule has 0 radical (unpaired) electrons. The summed E-state index contributed by atoms with van der Waals surface area (Å²) in [4.78, 5) is 2.31. The summed E-state index contributed by atoms with van der Waals surface area (Å²) in [6, 6.07) is 6.66. The molecule has 0 saturated carbocycles. The molecule has 2 N–H and O–H groups in total. The minimum absolute atomic E-state index is 0.417. The molecule has 4 nitrogen and oxygen atoms in total. The Morgan fingerprint density at radius 3 is 2.63 bits per heavy atom. The third kappa shape index (κ3) is 3.19. The minimum atomic E-state index is 0.417.